The Morgan fingerprint density at radius 3 is 2.71 bits per heavy atom. The molecule has 0 saturated heterocycles. The van der Waals surface area contributed by atoms with Gasteiger partial charge in [-0.15, -0.1) is 5.10 Å². The third kappa shape index (κ3) is 3.07. The van der Waals surface area contributed by atoms with Crippen molar-refractivity contribution in [2.24, 2.45) is 0 Å². The molecule has 0 spiro atoms. The molecule has 1 atom stereocenters. The van der Waals surface area contributed by atoms with Gasteiger partial charge in [-0.3, -0.25) is 0 Å². The molecule has 1 aliphatic carbocycles. The van der Waals surface area contributed by atoms with Crippen LogP contribution in [0.15, 0.2) is 30.5 Å². The van der Waals surface area contributed by atoms with E-state index in [1.165, 1.54) is 49.8 Å². The van der Waals surface area contributed by atoms with E-state index >= 15 is 0 Å². The van der Waals surface area contributed by atoms with Crippen LogP contribution in [0.4, 0.5) is 17.5 Å². The Balaban J connectivity index is 1.56. The van der Waals surface area contributed by atoms with Crippen LogP contribution in [-0.4, -0.2) is 27.3 Å². The van der Waals surface area contributed by atoms with Crippen LogP contribution in [0.5, 0.6) is 0 Å². The predicted molar refractivity (Wildman–Crippen MR) is 96.7 cm³/mol. The van der Waals surface area contributed by atoms with Gasteiger partial charge in [-0.2, -0.15) is 10.1 Å². The Kier molecular flexibility index (Phi) is 4.32. The minimum Gasteiger partial charge on any atom is -0.366 e. The first kappa shape index (κ1) is 15.4. The molecule has 0 radical (unpaired) electrons. The second-order valence-corrected chi connectivity index (χ2v) is 7.03. The summed E-state index contributed by atoms with van der Waals surface area (Å²) in [4.78, 5) is 6.98. The fourth-order valence-corrected chi connectivity index (χ4v) is 3.97. The van der Waals surface area contributed by atoms with E-state index < -0.39 is 0 Å². The molecule has 5 nitrogen and oxygen atoms in total. The maximum Gasteiger partial charge on any atom is 0.252 e. The van der Waals surface area contributed by atoms with E-state index in [1.807, 2.05) is 0 Å². The molecule has 1 aromatic carbocycles. The smallest absolute Gasteiger partial charge is 0.252 e. The van der Waals surface area contributed by atoms with Crippen molar-refractivity contribution in [3.05, 3.63) is 36.0 Å². The Morgan fingerprint density at radius 2 is 1.88 bits per heavy atom. The first-order chi connectivity index (χ1) is 11.8. The molecule has 1 N–H and O–H groups in total. The van der Waals surface area contributed by atoms with Crippen LogP contribution in [0.2, 0.25) is 0 Å². The fourth-order valence-electron chi connectivity index (χ4n) is 3.97. The van der Waals surface area contributed by atoms with Gasteiger partial charge in [0, 0.05) is 17.8 Å². The second kappa shape index (κ2) is 6.75. The molecular formula is C19H25N5. The number of nitrogens with one attached hydrogen (secondary N) is 1. The van der Waals surface area contributed by atoms with Gasteiger partial charge in [0.25, 0.3) is 5.95 Å². The van der Waals surface area contributed by atoms with E-state index in [-0.39, 0.29) is 0 Å². The molecule has 1 unspecified atom stereocenters. The number of anilines is 3. The van der Waals surface area contributed by atoms with Gasteiger partial charge in [-0.05, 0) is 37.8 Å². The summed E-state index contributed by atoms with van der Waals surface area (Å²) in [5.41, 5.74) is 2.56. The van der Waals surface area contributed by atoms with Gasteiger partial charge in [0.1, 0.15) is 0 Å². The molecule has 1 aliphatic heterocycles. The lowest BCUT2D eigenvalue weighted by Crippen LogP contribution is -2.27. The van der Waals surface area contributed by atoms with Gasteiger partial charge >= 0.3 is 0 Å². The monoisotopic (exact) mass is 323 g/mol. The molecule has 2 aliphatic rings. The highest BCUT2D eigenvalue weighted by molar-refractivity contribution is 5.67. The molecular weight excluding hydrogens is 298 g/mol. The minimum atomic E-state index is 0.359. The van der Waals surface area contributed by atoms with E-state index in [1.54, 1.807) is 6.20 Å². The summed E-state index contributed by atoms with van der Waals surface area (Å²) in [6.07, 6.45) is 10.5. The van der Waals surface area contributed by atoms with Crippen molar-refractivity contribution in [2.75, 3.05) is 10.2 Å². The second-order valence-electron chi connectivity index (χ2n) is 7.03. The number of hydrogen-bond donors (Lipinski definition) is 1. The van der Waals surface area contributed by atoms with Crippen LogP contribution in [0, 0.1) is 0 Å². The summed E-state index contributed by atoms with van der Waals surface area (Å²) in [6, 6.07) is 9.38. The standard InChI is InChI=1S/C19H25N5/c1-14-12-15-8-6-7-11-17(15)24(14)19-22-18(13-20-23-19)21-16-9-4-2-3-5-10-16/h6-8,11,13-14,16H,2-5,9-10,12H2,1H3,(H,21,22,23). The Hall–Kier alpha value is -2.17. The van der Waals surface area contributed by atoms with Crippen molar-refractivity contribution in [1.29, 1.82) is 0 Å². The summed E-state index contributed by atoms with van der Waals surface area (Å²) in [5.74, 6) is 1.55. The van der Waals surface area contributed by atoms with Crippen LogP contribution in [0.1, 0.15) is 51.0 Å². The van der Waals surface area contributed by atoms with Crippen molar-refractivity contribution < 1.29 is 0 Å². The molecule has 2 aromatic rings. The highest BCUT2D eigenvalue weighted by atomic mass is 15.4. The van der Waals surface area contributed by atoms with Crippen molar-refractivity contribution in [3.63, 3.8) is 0 Å². The molecule has 1 fully saturated rings. The highest BCUT2D eigenvalue weighted by Crippen LogP contribution is 2.36. The Labute approximate surface area is 143 Å². The third-order valence-electron chi connectivity index (χ3n) is 5.18. The average Bonchev–Trinajstić information content (AvgIpc) is 2.75. The number of aromatic nitrogens is 3. The number of benzene rings is 1. The zero-order chi connectivity index (χ0) is 16.4. The molecule has 2 heterocycles. The molecule has 24 heavy (non-hydrogen) atoms. The van der Waals surface area contributed by atoms with Crippen molar-refractivity contribution in [1.82, 2.24) is 15.2 Å². The first-order valence-corrected chi connectivity index (χ1v) is 9.14. The van der Waals surface area contributed by atoms with Gasteiger partial charge in [0.2, 0.25) is 0 Å². The molecule has 1 aromatic heterocycles. The van der Waals surface area contributed by atoms with Crippen LogP contribution in [0.25, 0.3) is 0 Å². The highest BCUT2D eigenvalue weighted by Gasteiger charge is 2.29. The number of para-hydroxylation sites is 1. The largest absolute Gasteiger partial charge is 0.366 e. The molecule has 0 bridgehead atoms. The van der Waals surface area contributed by atoms with Crippen LogP contribution < -0.4 is 10.2 Å². The van der Waals surface area contributed by atoms with E-state index in [4.69, 9.17) is 4.98 Å². The topological polar surface area (TPSA) is 53.9 Å². The Bertz CT molecular complexity index is 694. The van der Waals surface area contributed by atoms with E-state index in [0.29, 0.717) is 18.0 Å². The number of hydrogen-bond acceptors (Lipinski definition) is 5. The zero-order valence-electron chi connectivity index (χ0n) is 14.3. The predicted octanol–water partition coefficient (Wildman–Crippen LogP) is 4.09. The fraction of sp³-hybridized carbons (Fsp3) is 0.526. The van der Waals surface area contributed by atoms with E-state index in [9.17, 15) is 0 Å². The summed E-state index contributed by atoms with van der Waals surface area (Å²) in [6.45, 7) is 2.22. The summed E-state index contributed by atoms with van der Waals surface area (Å²) in [7, 11) is 0. The SMILES string of the molecule is CC1Cc2ccccc2N1c1nncc(NC2CCCCCC2)n1. The number of rotatable bonds is 3. The molecule has 1 saturated carbocycles. The maximum atomic E-state index is 4.77. The summed E-state index contributed by atoms with van der Waals surface area (Å²) >= 11 is 0. The van der Waals surface area contributed by atoms with Crippen LogP contribution in [0.3, 0.4) is 0 Å². The lowest BCUT2D eigenvalue weighted by molar-refractivity contribution is 0.616. The maximum absolute atomic E-state index is 4.77. The molecule has 4 rings (SSSR count). The third-order valence-corrected chi connectivity index (χ3v) is 5.18. The van der Waals surface area contributed by atoms with Crippen molar-refractivity contribution >= 4 is 17.5 Å². The number of nitrogens with zero attached hydrogens (tertiary/aromatic N) is 4. The summed E-state index contributed by atoms with van der Waals surface area (Å²) in [5, 5.41) is 12.1. The van der Waals surface area contributed by atoms with Crippen molar-refractivity contribution in [3.8, 4) is 0 Å². The van der Waals surface area contributed by atoms with Crippen LogP contribution in [-0.2, 0) is 6.42 Å². The van der Waals surface area contributed by atoms with E-state index in [0.717, 1.165) is 12.2 Å². The van der Waals surface area contributed by atoms with Gasteiger partial charge in [-0.25, -0.2) is 0 Å². The van der Waals surface area contributed by atoms with E-state index in [2.05, 4.69) is 51.6 Å². The molecule has 0 amide bonds. The lowest BCUT2D eigenvalue weighted by Gasteiger charge is -2.23. The lowest BCUT2D eigenvalue weighted by atomic mass is 10.1. The molecule has 5 heteroatoms. The van der Waals surface area contributed by atoms with Crippen molar-refractivity contribution in [2.45, 2.75) is 64.0 Å². The quantitative estimate of drug-likeness (QED) is 0.862. The Morgan fingerprint density at radius 1 is 1.08 bits per heavy atom. The van der Waals surface area contributed by atoms with Gasteiger partial charge in [0.15, 0.2) is 5.82 Å². The van der Waals surface area contributed by atoms with Crippen LogP contribution >= 0.6 is 0 Å². The first-order valence-electron chi connectivity index (χ1n) is 9.14. The van der Waals surface area contributed by atoms with Gasteiger partial charge < -0.3 is 10.2 Å². The summed E-state index contributed by atoms with van der Waals surface area (Å²) < 4.78 is 0. The van der Waals surface area contributed by atoms with Gasteiger partial charge in [0.05, 0.1) is 6.20 Å². The zero-order valence-corrected chi connectivity index (χ0v) is 14.3. The normalized spacial score (nSPS) is 21.4. The van der Waals surface area contributed by atoms with Gasteiger partial charge in [-0.1, -0.05) is 43.9 Å². The average molecular weight is 323 g/mol. The number of fused-ring (bicyclic) bond motifs is 1. The molecule has 126 valence electrons. The minimum absolute atomic E-state index is 0.359.